The number of hydrogen-bond acceptors (Lipinski definition) is 7. The van der Waals surface area contributed by atoms with Crippen molar-refractivity contribution in [2.75, 3.05) is 12.3 Å². The van der Waals surface area contributed by atoms with Crippen LogP contribution in [-0.2, 0) is 15.6 Å². The summed E-state index contributed by atoms with van der Waals surface area (Å²) >= 11 is 3.37. The Kier molecular flexibility index (Phi) is 7.85. The number of nitrogens with zero attached hydrogens (tertiary/aromatic N) is 1. The van der Waals surface area contributed by atoms with E-state index in [1.807, 2.05) is 5.38 Å². The summed E-state index contributed by atoms with van der Waals surface area (Å²) in [5, 5.41) is 10.1. The smallest absolute Gasteiger partial charge is 0.203 e. The summed E-state index contributed by atoms with van der Waals surface area (Å²) in [7, 11) is -3.54. The first-order valence-electron chi connectivity index (χ1n) is 7.51. The average Bonchev–Trinajstić information content (AvgIpc) is 3.13. The highest BCUT2D eigenvalue weighted by atomic mass is 32.2. The predicted molar refractivity (Wildman–Crippen MR) is 105 cm³/mol. The molecule has 0 fully saturated rings. The number of thiazole rings is 1. The van der Waals surface area contributed by atoms with Crippen molar-refractivity contribution in [1.29, 1.82) is 0 Å². The number of hydrogen-bond donors (Lipinski definition) is 2. The van der Waals surface area contributed by atoms with Gasteiger partial charge in [-0.1, -0.05) is 24.1 Å². The zero-order chi connectivity index (χ0) is 18.0. The minimum absolute atomic E-state index is 0.249. The predicted octanol–water partition coefficient (Wildman–Crippen LogP) is 2.81. The van der Waals surface area contributed by atoms with Crippen molar-refractivity contribution in [3.8, 4) is 12.0 Å². The minimum Gasteiger partial charge on any atom is -0.370 e. The molecular formula is C17H19N3O2S3. The maximum atomic E-state index is 12.4. The van der Waals surface area contributed by atoms with Crippen molar-refractivity contribution in [1.82, 2.24) is 15.6 Å². The van der Waals surface area contributed by atoms with Gasteiger partial charge in [-0.2, -0.15) is 11.8 Å². The molecule has 2 rings (SSSR count). The lowest BCUT2D eigenvalue weighted by molar-refractivity contribution is 0.603. The fraction of sp³-hybridized carbons (Fsp3) is 0.235. The molecule has 0 unspecified atom stereocenters. The van der Waals surface area contributed by atoms with E-state index in [1.54, 1.807) is 66.6 Å². The van der Waals surface area contributed by atoms with E-state index in [2.05, 4.69) is 27.6 Å². The minimum atomic E-state index is -3.54. The zero-order valence-electron chi connectivity index (χ0n) is 13.7. The standard InChI is InChI=1S/C17H19N3O2S3/c1-2-8-18-16(14-25(21,22)15-6-4-3-5-7-15)19-9-11-23-13-17-20-10-12-24-17/h3-7,10,12,14,18-19H,9,11,13H2,1H3/b16-14-. The van der Waals surface area contributed by atoms with Gasteiger partial charge in [-0.05, 0) is 19.1 Å². The Balaban J connectivity index is 1.94. The lowest BCUT2D eigenvalue weighted by atomic mass is 10.4. The molecule has 0 amide bonds. The molecule has 0 saturated heterocycles. The molecule has 1 aromatic heterocycles. The average molecular weight is 394 g/mol. The summed E-state index contributed by atoms with van der Waals surface area (Å²) in [6.07, 6.45) is 1.79. The summed E-state index contributed by atoms with van der Waals surface area (Å²) in [5.41, 5.74) is 0. The van der Waals surface area contributed by atoms with Gasteiger partial charge >= 0.3 is 0 Å². The molecule has 2 aromatic rings. The number of aromatic nitrogens is 1. The zero-order valence-corrected chi connectivity index (χ0v) is 16.2. The van der Waals surface area contributed by atoms with Gasteiger partial charge in [0.1, 0.15) is 10.8 Å². The third kappa shape index (κ3) is 6.82. The second-order valence-electron chi connectivity index (χ2n) is 4.79. The van der Waals surface area contributed by atoms with Crippen molar-refractivity contribution >= 4 is 32.9 Å². The fourth-order valence-corrected chi connectivity index (χ4v) is 4.51. The molecule has 0 saturated carbocycles. The largest absolute Gasteiger partial charge is 0.370 e. The van der Waals surface area contributed by atoms with Crippen LogP contribution in [0, 0.1) is 12.0 Å². The molecule has 0 spiro atoms. The van der Waals surface area contributed by atoms with E-state index in [-0.39, 0.29) is 4.90 Å². The molecule has 1 heterocycles. The van der Waals surface area contributed by atoms with Crippen LogP contribution in [0.2, 0.25) is 0 Å². The van der Waals surface area contributed by atoms with Gasteiger partial charge in [0.25, 0.3) is 0 Å². The summed E-state index contributed by atoms with van der Waals surface area (Å²) in [4.78, 5) is 4.48. The highest BCUT2D eigenvalue weighted by molar-refractivity contribution is 7.98. The molecule has 132 valence electrons. The topological polar surface area (TPSA) is 71.1 Å². The van der Waals surface area contributed by atoms with Gasteiger partial charge in [0, 0.05) is 35.7 Å². The number of rotatable bonds is 9. The molecule has 0 bridgehead atoms. The van der Waals surface area contributed by atoms with Gasteiger partial charge in [-0.15, -0.1) is 11.3 Å². The fourth-order valence-electron chi connectivity index (χ4n) is 1.82. The lowest BCUT2D eigenvalue weighted by Gasteiger charge is -2.10. The maximum Gasteiger partial charge on any atom is 0.203 e. The van der Waals surface area contributed by atoms with Gasteiger partial charge in [-0.25, -0.2) is 13.4 Å². The van der Waals surface area contributed by atoms with Crippen LogP contribution < -0.4 is 10.6 Å². The van der Waals surface area contributed by atoms with E-state index >= 15 is 0 Å². The maximum absolute atomic E-state index is 12.4. The molecule has 25 heavy (non-hydrogen) atoms. The van der Waals surface area contributed by atoms with Gasteiger partial charge in [-0.3, -0.25) is 0 Å². The molecule has 5 nitrogen and oxygen atoms in total. The molecule has 2 N–H and O–H groups in total. The van der Waals surface area contributed by atoms with Gasteiger partial charge in [0.2, 0.25) is 9.84 Å². The quantitative estimate of drug-likeness (QED) is 0.388. The first-order chi connectivity index (χ1) is 12.1. The van der Waals surface area contributed by atoms with Crippen LogP contribution >= 0.6 is 23.1 Å². The third-order valence-corrected chi connectivity index (χ3v) is 6.35. The third-order valence-electron chi connectivity index (χ3n) is 2.94. The van der Waals surface area contributed by atoms with Crippen molar-refractivity contribution in [2.45, 2.75) is 17.6 Å². The van der Waals surface area contributed by atoms with Gasteiger partial charge in [0.15, 0.2) is 0 Å². The van der Waals surface area contributed by atoms with Crippen LogP contribution in [0.3, 0.4) is 0 Å². The second-order valence-corrected chi connectivity index (χ2v) is 8.68. The molecule has 0 radical (unpaired) electrons. The van der Waals surface area contributed by atoms with Crippen LogP contribution in [-0.4, -0.2) is 25.7 Å². The molecular weight excluding hydrogens is 374 g/mol. The van der Waals surface area contributed by atoms with Crippen molar-refractivity contribution in [3.63, 3.8) is 0 Å². The van der Waals surface area contributed by atoms with E-state index in [1.165, 1.54) is 5.41 Å². The van der Waals surface area contributed by atoms with E-state index in [9.17, 15) is 8.42 Å². The Morgan fingerprint density at radius 1 is 1.36 bits per heavy atom. The summed E-state index contributed by atoms with van der Waals surface area (Å²) < 4.78 is 24.9. The van der Waals surface area contributed by atoms with Crippen LogP contribution in [0.5, 0.6) is 0 Å². The van der Waals surface area contributed by atoms with E-state index < -0.39 is 9.84 Å². The van der Waals surface area contributed by atoms with E-state index in [4.69, 9.17) is 0 Å². The Morgan fingerprint density at radius 2 is 2.16 bits per heavy atom. The second kappa shape index (κ2) is 10.1. The lowest BCUT2D eigenvalue weighted by Crippen LogP contribution is -2.26. The molecule has 8 heteroatoms. The first-order valence-corrected chi connectivity index (χ1v) is 11.1. The Morgan fingerprint density at radius 3 is 2.84 bits per heavy atom. The van der Waals surface area contributed by atoms with Crippen molar-refractivity contribution in [3.05, 3.63) is 58.1 Å². The molecule has 0 atom stereocenters. The normalized spacial score (nSPS) is 11.5. The van der Waals surface area contributed by atoms with Crippen LogP contribution in [0.1, 0.15) is 11.9 Å². The number of sulfone groups is 1. The highest BCUT2D eigenvalue weighted by Crippen LogP contribution is 2.14. The molecule has 0 aliphatic heterocycles. The number of thioether (sulfide) groups is 1. The SMILES string of the molecule is CC#CN/C(=C/S(=O)(=O)c1ccccc1)NCCSCc1nccs1. The monoisotopic (exact) mass is 393 g/mol. The highest BCUT2D eigenvalue weighted by Gasteiger charge is 2.12. The van der Waals surface area contributed by atoms with Crippen molar-refractivity contribution < 1.29 is 8.42 Å². The summed E-state index contributed by atoms with van der Waals surface area (Å²) in [5.74, 6) is 4.74. The molecule has 0 aliphatic carbocycles. The Bertz CT molecular complexity index is 836. The van der Waals surface area contributed by atoms with Gasteiger partial charge in [0.05, 0.1) is 10.3 Å². The Hall–Kier alpha value is -1.95. The molecule has 1 aromatic carbocycles. The summed E-state index contributed by atoms with van der Waals surface area (Å²) in [6, 6.07) is 11.0. The van der Waals surface area contributed by atoms with Crippen LogP contribution in [0.15, 0.2) is 58.0 Å². The van der Waals surface area contributed by atoms with Crippen LogP contribution in [0.25, 0.3) is 0 Å². The van der Waals surface area contributed by atoms with Gasteiger partial charge < -0.3 is 10.6 Å². The van der Waals surface area contributed by atoms with Crippen molar-refractivity contribution in [2.24, 2.45) is 0 Å². The number of nitrogens with one attached hydrogen (secondary N) is 2. The van der Waals surface area contributed by atoms with E-state index in [0.29, 0.717) is 12.4 Å². The Labute approximate surface area is 156 Å². The van der Waals surface area contributed by atoms with Crippen LogP contribution in [0.4, 0.5) is 0 Å². The molecule has 0 aliphatic rings. The first kappa shape index (κ1) is 19.4. The summed E-state index contributed by atoms with van der Waals surface area (Å²) in [6.45, 7) is 2.30. The van der Waals surface area contributed by atoms with E-state index in [0.717, 1.165) is 16.5 Å². The number of benzene rings is 1.